The molecule has 0 atom stereocenters. The van der Waals surface area contributed by atoms with Crippen LogP contribution in [-0.2, 0) is 0 Å². The quantitative estimate of drug-likeness (QED) is 0.615. The van der Waals surface area contributed by atoms with Crippen LogP contribution in [0.2, 0.25) is 0 Å². The minimum Gasteiger partial charge on any atom is -0.294 e. The third-order valence-electron chi connectivity index (χ3n) is 2.93. The van der Waals surface area contributed by atoms with Gasteiger partial charge in [0.15, 0.2) is 11.6 Å². The molecule has 0 bridgehead atoms. The molecule has 0 radical (unpaired) electrons. The molecule has 4 heteroatoms. The average molecular weight is 335 g/mol. The van der Waals surface area contributed by atoms with E-state index in [2.05, 4.69) is 15.9 Å². The van der Waals surface area contributed by atoms with E-state index in [9.17, 15) is 14.0 Å². The number of ketones is 2. The number of hydrogen-bond acceptors (Lipinski definition) is 2. The third kappa shape index (κ3) is 3.39. The highest BCUT2D eigenvalue weighted by Crippen LogP contribution is 2.20. The van der Waals surface area contributed by atoms with E-state index in [0.29, 0.717) is 15.6 Å². The number of halogens is 2. The predicted octanol–water partition coefficient (Wildman–Crippen LogP) is 4.35. The van der Waals surface area contributed by atoms with Gasteiger partial charge in [0.25, 0.3) is 0 Å². The lowest BCUT2D eigenvalue weighted by molar-refractivity contribution is 0.0894. The highest BCUT2D eigenvalue weighted by molar-refractivity contribution is 9.10. The van der Waals surface area contributed by atoms with Crippen LogP contribution in [0.5, 0.6) is 0 Å². The zero-order chi connectivity index (χ0) is 14.7. The van der Waals surface area contributed by atoms with Crippen LogP contribution in [0.1, 0.15) is 32.7 Å². The fourth-order valence-electron chi connectivity index (χ4n) is 1.80. The van der Waals surface area contributed by atoms with Gasteiger partial charge in [0, 0.05) is 15.6 Å². The first-order valence-corrected chi connectivity index (χ1v) is 6.85. The minimum absolute atomic E-state index is 0.229. The van der Waals surface area contributed by atoms with E-state index in [0.717, 1.165) is 5.56 Å². The Morgan fingerprint density at radius 2 is 1.70 bits per heavy atom. The molecule has 2 nitrogen and oxygen atoms in total. The van der Waals surface area contributed by atoms with Crippen LogP contribution in [0.4, 0.5) is 4.39 Å². The summed E-state index contributed by atoms with van der Waals surface area (Å²) in [4.78, 5) is 24.1. The molecule has 2 aromatic carbocycles. The Balaban J connectivity index is 2.15. The molecule has 0 aromatic heterocycles. The van der Waals surface area contributed by atoms with Crippen molar-refractivity contribution in [1.29, 1.82) is 0 Å². The summed E-state index contributed by atoms with van der Waals surface area (Å²) in [6.07, 6.45) is -0.229. The summed E-state index contributed by atoms with van der Waals surface area (Å²) in [5.74, 6) is -1.01. The maximum atomic E-state index is 13.0. The maximum Gasteiger partial charge on any atom is 0.171 e. The summed E-state index contributed by atoms with van der Waals surface area (Å²) in [7, 11) is 0. The van der Waals surface area contributed by atoms with Crippen LogP contribution >= 0.6 is 15.9 Å². The van der Waals surface area contributed by atoms with Crippen molar-refractivity contribution < 1.29 is 14.0 Å². The number of carbonyl (C=O) groups is 2. The van der Waals surface area contributed by atoms with Crippen molar-refractivity contribution in [3.63, 3.8) is 0 Å². The molecule has 0 aliphatic heterocycles. The Labute approximate surface area is 124 Å². The second kappa shape index (κ2) is 6.09. The van der Waals surface area contributed by atoms with Crippen LogP contribution in [0.25, 0.3) is 0 Å². The zero-order valence-electron chi connectivity index (χ0n) is 10.8. The van der Waals surface area contributed by atoms with E-state index in [1.54, 1.807) is 12.1 Å². The van der Waals surface area contributed by atoms with E-state index in [-0.39, 0.29) is 18.0 Å². The van der Waals surface area contributed by atoms with Crippen LogP contribution in [-0.4, -0.2) is 11.6 Å². The van der Waals surface area contributed by atoms with Gasteiger partial charge in [-0.2, -0.15) is 0 Å². The first-order chi connectivity index (χ1) is 9.47. The molecule has 0 unspecified atom stereocenters. The summed E-state index contributed by atoms with van der Waals surface area (Å²) in [6, 6.07) is 10.8. The number of rotatable bonds is 4. The van der Waals surface area contributed by atoms with Gasteiger partial charge in [0.05, 0.1) is 6.42 Å². The van der Waals surface area contributed by atoms with Crippen molar-refractivity contribution in [2.24, 2.45) is 0 Å². The number of hydrogen-bond donors (Lipinski definition) is 0. The van der Waals surface area contributed by atoms with E-state index in [1.807, 2.05) is 19.1 Å². The molecule has 102 valence electrons. The largest absolute Gasteiger partial charge is 0.294 e. The molecule has 0 N–H and O–H groups in total. The van der Waals surface area contributed by atoms with Crippen LogP contribution in [0.15, 0.2) is 46.9 Å². The molecule has 0 amide bonds. The van der Waals surface area contributed by atoms with E-state index in [1.165, 1.54) is 18.2 Å². The Hall–Kier alpha value is -1.81. The van der Waals surface area contributed by atoms with E-state index in [4.69, 9.17) is 0 Å². The molecule has 0 saturated heterocycles. The first-order valence-electron chi connectivity index (χ1n) is 6.05. The molecule has 0 aliphatic carbocycles. The highest BCUT2D eigenvalue weighted by atomic mass is 79.9. The summed E-state index contributed by atoms with van der Waals surface area (Å²) in [5.41, 5.74) is 1.86. The molecular formula is C16H12BrFO2. The number of benzene rings is 2. The van der Waals surface area contributed by atoms with Crippen molar-refractivity contribution in [1.82, 2.24) is 0 Å². The van der Waals surface area contributed by atoms with Gasteiger partial charge in [0.1, 0.15) is 5.82 Å². The second-order valence-corrected chi connectivity index (χ2v) is 5.37. The van der Waals surface area contributed by atoms with Crippen LogP contribution in [0, 0.1) is 12.7 Å². The first kappa shape index (κ1) is 14.6. The number of carbonyl (C=O) groups excluding carboxylic acids is 2. The van der Waals surface area contributed by atoms with Crippen molar-refractivity contribution in [3.8, 4) is 0 Å². The molecule has 2 aromatic rings. The van der Waals surface area contributed by atoms with Gasteiger partial charge in [-0.25, -0.2) is 4.39 Å². The van der Waals surface area contributed by atoms with Gasteiger partial charge < -0.3 is 0 Å². The van der Waals surface area contributed by atoms with Crippen LogP contribution in [0.3, 0.4) is 0 Å². The Morgan fingerprint density at radius 3 is 2.30 bits per heavy atom. The molecule has 20 heavy (non-hydrogen) atoms. The molecule has 0 aliphatic rings. The standard InChI is InChI=1S/C16H12BrFO2/c1-10-2-4-11(5-3-10)15(19)9-16(20)13-7-6-12(18)8-14(13)17/h2-8H,9H2,1H3. The fourth-order valence-corrected chi connectivity index (χ4v) is 2.37. The van der Waals surface area contributed by atoms with Gasteiger partial charge in [-0.1, -0.05) is 29.8 Å². The van der Waals surface area contributed by atoms with Gasteiger partial charge in [-0.3, -0.25) is 9.59 Å². The monoisotopic (exact) mass is 334 g/mol. The van der Waals surface area contributed by atoms with Gasteiger partial charge in [0.2, 0.25) is 0 Å². The Kier molecular flexibility index (Phi) is 4.45. The van der Waals surface area contributed by atoms with Gasteiger partial charge in [-0.05, 0) is 41.1 Å². The molecular weight excluding hydrogens is 323 g/mol. The van der Waals surface area contributed by atoms with Gasteiger partial charge >= 0.3 is 0 Å². The smallest absolute Gasteiger partial charge is 0.171 e. The zero-order valence-corrected chi connectivity index (χ0v) is 12.4. The van der Waals surface area contributed by atoms with Crippen molar-refractivity contribution in [3.05, 3.63) is 69.4 Å². The number of Topliss-reactive ketones (excluding diaryl/α,β-unsaturated/α-hetero) is 2. The van der Waals surface area contributed by atoms with Crippen LogP contribution < -0.4 is 0 Å². The maximum absolute atomic E-state index is 13.0. The lowest BCUT2D eigenvalue weighted by Gasteiger charge is -2.04. The minimum atomic E-state index is -0.432. The van der Waals surface area contributed by atoms with E-state index < -0.39 is 5.82 Å². The molecule has 0 heterocycles. The molecule has 0 spiro atoms. The SMILES string of the molecule is Cc1ccc(C(=O)CC(=O)c2ccc(F)cc2Br)cc1. The lowest BCUT2D eigenvalue weighted by Crippen LogP contribution is -2.09. The van der Waals surface area contributed by atoms with Crippen molar-refractivity contribution >= 4 is 27.5 Å². The highest BCUT2D eigenvalue weighted by Gasteiger charge is 2.16. The number of aryl methyl sites for hydroxylation is 1. The average Bonchev–Trinajstić information content (AvgIpc) is 2.39. The third-order valence-corrected chi connectivity index (χ3v) is 3.58. The Bertz CT molecular complexity index is 663. The predicted molar refractivity (Wildman–Crippen MR) is 78.6 cm³/mol. The second-order valence-electron chi connectivity index (χ2n) is 4.51. The summed E-state index contributed by atoms with van der Waals surface area (Å²) in [5, 5.41) is 0. The lowest BCUT2D eigenvalue weighted by atomic mass is 10.0. The summed E-state index contributed by atoms with van der Waals surface area (Å²) >= 11 is 3.13. The fraction of sp³-hybridized carbons (Fsp3) is 0.125. The molecule has 0 fully saturated rings. The van der Waals surface area contributed by atoms with Crippen molar-refractivity contribution in [2.75, 3.05) is 0 Å². The Morgan fingerprint density at radius 1 is 1.05 bits per heavy atom. The normalized spacial score (nSPS) is 10.3. The van der Waals surface area contributed by atoms with E-state index >= 15 is 0 Å². The summed E-state index contributed by atoms with van der Waals surface area (Å²) < 4.78 is 13.3. The molecule has 0 saturated carbocycles. The topological polar surface area (TPSA) is 34.1 Å². The van der Waals surface area contributed by atoms with Gasteiger partial charge in [-0.15, -0.1) is 0 Å². The molecule has 2 rings (SSSR count). The van der Waals surface area contributed by atoms with Crippen molar-refractivity contribution in [2.45, 2.75) is 13.3 Å². The summed E-state index contributed by atoms with van der Waals surface area (Å²) in [6.45, 7) is 1.93.